The molecule has 3 rings (SSSR count). The fourth-order valence-corrected chi connectivity index (χ4v) is 2.66. The summed E-state index contributed by atoms with van der Waals surface area (Å²) in [5.41, 5.74) is 1.77. The number of nitrogens with zero attached hydrogens (tertiary/aromatic N) is 2. The Bertz CT molecular complexity index is 916. The van der Waals surface area contributed by atoms with Crippen LogP contribution >= 0.6 is 24.0 Å². The van der Waals surface area contributed by atoms with Crippen molar-refractivity contribution in [3.8, 4) is 23.0 Å². The van der Waals surface area contributed by atoms with Gasteiger partial charge < -0.3 is 24.5 Å². The first-order valence-corrected chi connectivity index (χ1v) is 9.49. The number of guanidine groups is 1. The van der Waals surface area contributed by atoms with Gasteiger partial charge in [-0.3, -0.25) is 4.99 Å². The van der Waals surface area contributed by atoms with Gasteiger partial charge >= 0.3 is 0 Å². The Balaban J connectivity index is 0.00000320. The molecule has 2 aromatic carbocycles. The third kappa shape index (κ3) is 7.25. The van der Waals surface area contributed by atoms with Gasteiger partial charge in [0.15, 0.2) is 5.96 Å². The van der Waals surface area contributed by atoms with Crippen LogP contribution in [0.4, 0.5) is 0 Å². The zero-order valence-corrected chi connectivity index (χ0v) is 19.5. The third-order valence-corrected chi connectivity index (χ3v) is 4.16. The normalized spacial score (nSPS) is 10.8. The van der Waals surface area contributed by atoms with Crippen LogP contribution in [0.25, 0.3) is 11.5 Å². The Hall–Kier alpha value is -2.75. The number of methoxy groups -OCH3 is 1. The van der Waals surface area contributed by atoms with Crippen molar-refractivity contribution in [1.82, 2.24) is 15.6 Å². The third-order valence-electron chi connectivity index (χ3n) is 4.16. The fourth-order valence-electron chi connectivity index (χ4n) is 2.66. The van der Waals surface area contributed by atoms with Gasteiger partial charge in [0.25, 0.3) is 0 Å². The van der Waals surface area contributed by atoms with Crippen LogP contribution in [0.2, 0.25) is 0 Å². The van der Waals surface area contributed by atoms with Gasteiger partial charge in [0.2, 0.25) is 5.89 Å². The molecular weight excluding hydrogens is 495 g/mol. The monoisotopic (exact) mass is 522 g/mol. The molecule has 0 bridgehead atoms. The number of ether oxygens (including phenoxy) is 2. The number of nitrogens with one attached hydrogen (secondary N) is 2. The Morgan fingerprint density at radius 2 is 1.87 bits per heavy atom. The number of halogens is 1. The number of aliphatic imine (C=N–C) groups is 1. The summed E-state index contributed by atoms with van der Waals surface area (Å²) < 4.78 is 16.5. The zero-order chi connectivity index (χ0) is 20.3. The van der Waals surface area contributed by atoms with E-state index >= 15 is 0 Å². The maximum atomic E-state index is 5.74. The molecule has 2 N–H and O–H groups in total. The van der Waals surface area contributed by atoms with Gasteiger partial charge in [0, 0.05) is 25.2 Å². The molecular formula is C22H27IN4O3. The van der Waals surface area contributed by atoms with E-state index in [1.54, 1.807) is 20.4 Å². The zero-order valence-electron chi connectivity index (χ0n) is 17.1. The van der Waals surface area contributed by atoms with E-state index in [2.05, 4.69) is 20.6 Å². The van der Waals surface area contributed by atoms with Crippen LogP contribution in [0.1, 0.15) is 12.1 Å². The second-order valence-electron chi connectivity index (χ2n) is 6.24. The average molecular weight is 522 g/mol. The first-order chi connectivity index (χ1) is 14.3. The van der Waals surface area contributed by atoms with Gasteiger partial charge in [-0.2, -0.15) is 0 Å². The van der Waals surface area contributed by atoms with Crippen LogP contribution in [0, 0.1) is 0 Å². The Morgan fingerprint density at radius 1 is 1.07 bits per heavy atom. The van der Waals surface area contributed by atoms with Crippen molar-refractivity contribution in [2.45, 2.75) is 13.0 Å². The molecule has 0 aliphatic rings. The SMILES string of the molecule is CN=C(NCCCOc1cccc(OC)c1)NCc1coc(-c2ccccc2)n1.I. The summed E-state index contributed by atoms with van der Waals surface area (Å²) in [6.07, 6.45) is 2.49. The molecule has 30 heavy (non-hydrogen) atoms. The van der Waals surface area contributed by atoms with E-state index in [0.29, 0.717) is 25.0 Å². The second-order valence-corrected chi connectivity index (χ2v) is 6.24. The van der Waals surface area contributed by atoms with Crippen LogP contribution in [0.15, 0.2) is 70.3 Å². The molecule has 0 amide bonds. The van der Waals surface area contributed by atoms with Gasteiger partial charge in [-0.1, -0.05) is 24.3 Å². The predicted octanol–water partition coefficient (Wildman–Crippen LogP) is 4.10. The summed E-state index contributed by atoms with van der Waals surface area (Å²) >= 11 is 0. The van der Waals surface area contributed by atoms with E-state index in [1.165, 1.54) is 0 Å². The first kappa shape index (κ1) is 23.5. The summed E-state index contributed by atoms with van der Waals surface area (Å²) in [7, 11) is 3.38. The van der Waals surface area contributed by atoms with Crippen LogP contribution in [-0.2, 0) is 6.54 Å². The van der Waals surface area contributed by atoms with Crippen molar-refractivity contribution in [1.29, 1.82) is 0 Å². The smallest absolute Gasteiger partial charge is 0.226 e. The van der Waals surface area contributed by atoms with Gasteiger partial charge in [0.05, 0.1) is 26.0 Å². The van der Waals surface area contributed by atoms with Crippen LogP contribution in [0.3, 0.4) is 0 Å². The lowest BCUT2D eigenvalue weighted by atomic mass is 10.2. The van der Waals surface area contributed by atoms with E-state index in [1.807, 2.05) is 54.6 Å². The van der Waals surface area contributed by atoms with E-state index in [0.717, 1.165) is 35.7 Å². The Morgan fingerprint density at radius 3 is 2.63 bits per heavy atom. The number of rotatable bonds is 9. The predicted molar refractivity (Wildman–Crippen MR) is 129 cm³/mol. The molecule has 0 aliphatic heterocycles. The molecule has 0 aliphatic carbocycles. The minimum Gasteiger partial charge on any atom is -0.497 e. The summed E-state index contributed by atoms with van der Waals surface area (Å²) in [4.78, 5) is 8.73. The van der Waals surface area contributed by atoms with Crippen LogP contribution in [-0.4, -0.2) is 38.3 Å². The minimum atomic E-state index is 0. The molecule has 7 nitrogen and oxygen atoms in total. The van der Waals surface area contributed by atoms with Crippen molar-refractivity contribution in [2.24, 2.45) is 4.99 Å². The van der Waals surface area contributed by atoms with Crippen molar-refractivity contribution in [3.63, 3.8) is 0 Å². The highest BCUT2D eigenvalue weighted by Gasteiger charge is 2.07. The average Bonchev–Trinajstić information content (AvgIpc) is 3.25. The van der Waals surface area contributed by atoms with Crippen molar-refractivity contribution in [3.05, 3.63) is 66.6 Å². The molecule has 1 aromatic heterocycles. The summed E-state index contributed by atoms with van der Waals surface area (Å²) in [6, 6.07) is 17.4. The molecule has 160 valence electrons. The number of hydrogen-bond donors (Lipinski definition) is 2. The molecule has 0 fully saturated rings. The van der Waals surface area contributed by atoms with E-state index in [9.17, 15) is 0 Å². The molecule has 8 heteroatoms. The largest absolute Gasteiger partial charge is 0.497 e. The quantitative estimate of drug-likeness (QED) is 0.191. The van der Waals surface area contributed by atoms with Gasteiger partial charge in [-0.05, 0) is 30.7 Å². The van der Waals surface area contributed by atoms with Crippen molar-refractivity contribution >= 4 is 29.9 Å². The number of aromatic nitrogens is 1. The summed E-state index contributed by atoms with van der Waals surface area (Å²) in [5, 5.41) is 6.50. The molecule has 0 spiro atoms. The van der Waals surface area contributed by atoms with Gasteiger partial charge in [-0.25, -0.2) is 4.98 Å². The molecule has 1 heterocycles. The Kier molecular flexibility index (Phi) is 9.99. The number of benzene rings is 2. The lowest BCUT2D eigenvalue weighted by molar-refractivity contribution is 0.308. The highest BCUT2D eigenvalue weighted by atomic mass is 127. The maximum Gasteiger partial charge on any atom is 0.226 e. The minimum absolute atomic E-state index is 0. The molecule has 0 radical (unpaired) electrons. The first-order valence-electron chi connectivity index (χ1n) is 9.49. The lowest BCUT2D eigenvalue weighted by Gasteiger charge is -2.11. The highest BCUT2D eigenvalue weighted by molar-refractivity contribution is 14.0. The van der Waals surface area contributed by atoms with Gasteiger partial charge in [-0.15, -0.1) is 24.0 Å². The molecule has 0 unspecified atom stereocenters. The molecule has 0 atom stereocenters. The summed E-state index contributed by atoms with van der Waals surface area (Å²) in [5.74, 6) is 2.90. The van der Waals surface area contributed by atoms with Gasteiger partial charge in [0.1, 0.15) is 17.8 Å². The molecule has 3 aromatic rings. The van der Waals surface area contributed by atoms with Crippen LogP contribution < -0.4 is 20.1 Å². The Labute approximate surface area is 193 Å². The maximum absolute atomic E-state index is 5.74. The van der Waals surface area contributed by atoms with E-state index in [-0.39, 0.29) is 24.0 Å². The highest BCUT2D eigenvalue weighted by Crippen LogP contribution is 2.19. The topological polar surface area (TPSA) is 80.9 Å². The lowest BCUT2D eigenvalue weighted by Crippen LogP contribution is -2.37. The number of oxazole rings is 1. The van der Waals surface area contributed by atoms with Crippen molar-refractivity contribution in [2.75, 3.05) is 27.3 Å². The molecule has 0 saturated heterocycles. The second kappa shape index (κ2) is 12.7. The van der Waals surface area contributed by atoms with Crippen LogP contribution in [0.5, 0.6) is 11.5 Å². The standard InChI is InChI=1S/C22H26N4O3.HI/c1-23-22(24-12-7-13-28-20-11-6-10-19(14-20)27-2)25-15-18-16-29-21(26-18)17-8-4-3-5-9-17;/h3-6,8-11,14,16H,7,12-13,15H2,1-2H3,(H2,23,24,25);1H. The number of hydrogen-bond acceptors (Lipinski definition) is 5. The van der Waals surface area contributed by atoms with Crippen molar-refractivity contribution < 1.29 is 13.9 Å². The fraction of sp³-hybridized carbons (Fsp3) is 0.273. The molecule has 0 saturated carbocycles. The van der Waals surface area contributed by atoms with E-state index < -0.39 is 0 Å². The summed E-state index contributed by atoms with van der Waals surface area (Å²) in [6.45, 7) is 1.86. The van der Waals surface area contributed by atoms with E-state index in [4.69, 9.17) is 13.9 Å².